The van der Waals surface area contributed by atoms with Crippen molar-refractivity contribution in [2.75, 3.05) is 7.11 Å². The molecule has 98 valence electrons. The summed E-state index contributed by atoms with van der Waals surface area (Å²) in [5, 5.41) is 0. The van der Waals surface area contributed by atoms with Crippen LogP contribution in [0, 0.1) is 13.8 Å². The van der Waals surface area contributed by atoms with E-state index in [1.807, 2.05) is 30.3 Å². The van der Waals surface area contributed by atoms with Gasteiger partial charge in [0.2, 0.25) is 0 Å². The molecule has 2 heteroatoms. The zero-order valence-electron chi connectivity index (χ0n) is 11.8. The Labute approximate surface area is 114 Å². The van der Waals surface area contributed by atoms with Crippen LogP contribution in [0.3, 0.4) is 0 Å². The van der Waals surface area contributed by atoms with Crippen LogP contribution in [-0.2, 0) is 0 Å². The van der Waals surface area contributed by atoms with E-state index in [9.17, 15) is 4.79 Å². The lowest BCUT2D eigenvalue weighted by Crippen LogP contribution is -1.94. The van der Waals surface area contributed by atoms with E-state index in [0.29, 0.717) is 0 Å². The van der Waals surface area contributed by atoms with Gasteiger partial charge in [0.05, 0.1) is 7.11 Å². The van der Waals surface area contributed by atoms with E-state index in [1.54, 1.807) is 14.0 Å². The Balaban J connectivity index is 2.55. The molecule has 0 N–H and O–H groups in total. The van der Waals surface area contributed by atoms with Crippen LogP contribution in [0.25, 0.3) is 11.1 Å². The third-order valence-electron chi connectivity index (χ3n) is 3.24. The molecule has 0 aromatic heterocycles. The van der Waals surface area contributed by atoms with Crippen molar-refractivity contribution in [3.8, 4) is 16.9 Å². The number of carbonyl (C=O) groups excluding carboxylic acids is 1. The minimum atomic E-state index is 0.0825. The fraction of sp³-hybridized carbons (Fsp3) is 0.235. The van der Waals surface area contributed by atoms with Gasteiger partial charge in [0.25, 0.3) is 0 Å². The molecule has 0 unspecified atom stereocenters. The fourth-order valence-corrected chi connectivity index (χ4v) is 2.33. The molecule has 0 bridgehead atoms. The van der Waals surface area contributed by atoms with E-state index >= 15 is 0 Å². The van der Waals surface area contributed by atoms with Gasteiger partial charge in [-0.15, -0.1) is 0 Å². The Bertz CT molecular complexity index is 610. The van der Waals surface area contributed by atoms with Crippen molar-refractivity contribution < 1.29 is 9.53 Å². The third kappa shape index (κ3) is 2.68. The van der Waals surface area contributed by atoms with Crippen molar-refractivity contribution in [3.63, 3.8) is 0 Å². The highest BCUT2D eigenvalue weighted by Gasteiger charge is 2.10. The molecule has 2 nitrogen and oxygen atoms in total. The van der Waals surface area contributed by atoms with Gasteiger partial charge in [0.1, 0.15) is 5.75 Å². The zero-order valence-corrected chi connectivity index (χ0v) is 11.8. The molecule has 0 aliphatic heterocycles. The largest absolute Gasteiger partial charge is 0.496 e. The van der Waals surface area contributed by atoms with Crippen LogP contribution in [0.2, 0.25) is 0 Å². The van der Waals surface area contributed by atoms with Gasteiger partial charge in [-0.2, -0.15) is 0 Å². The van der Waals surface area contributed by atoms with E-state index in [4.69, 9.17) is 4.74 Å². The first-order chi connectivity index (χ1) is 9.02. The lowest BCUT2D eigenvalue weighted by atomic mass is 9.96. The van der Waals surface area contributed by atoms with Crippen LogP contribution in [0.4, 0.5) is 0 Å². The number of rotatable bonds is 3. The summed E-state index contributed by atoms with van der Waals surface area (Å²) >= 11 is 0. The number of hydrogen-bond donors (Lipinski definition) is 0. The van der Waals surface area contributed by atoms with Crippen LogP contribution >= 0.6 is 0 Å². The first kappa shape index (κ1) is 13.3. The molecule has 19 heavy (non-hydrogen) atoms. The summed E-state index contributed by atoms with van der Waals surface area (Å²) in [5.74, 6) is 0.951. The van der Waals surface area contributed by atoms with Crippen LogP contribution in [0.5, 0.6) is 5.75 Å². The Morgan fingerprint density at radius 1 is 1.05 bits per heavy atom. The van der Waals surface area contributed by atoms with Crippen molar-refractivity contribution in [1.29, 1.82) is 0 Å². The standard InChI is InChI=1S/C17H18O2/c1-11-9-12(2)17(16(10-11)19-4)15-7-5-14(6-8-15)13(3)18/h5-10H,1-4H3. The molecule has 0 saturated carbocycles. The number of carbonyl (C=O) groups is 1. The van der Waals surface area contributed by atoms with E-state index in [1.165, 1.54) is 11.1 Å². The number of ketones is 1. The summed E-state index contributed by atoms with van der Waals surface area (Å²) in [6.45, 7) is 5.70. The molecule has 0 saturated heterocycles. The SMILES string of the molecule is COc1cc(C)cc(C)c1-c1ccc(C(C)=O)cc1. The van der Waals surface area contributed by atoms with Crippen LogP contribution in [0.1, 0.15) is 28.4 Å². The molecular formula is C17H18O2. The normalized spacial score (nSPS) is 10.3. The van der Waals surface area contributed by atoms with E-state index in [2.05, 4.69) is 19.9 Å². The Morgan fingerprint density at radius 3 is 2.21 bits per heavy atom. The summed E-state index contributed by atoms with van der Waals surface area (Å²) < 4.78 is 5.47. The van der Waals surface area contributed by atoms with E-state index < -0.39 is 0 Å². The molecule has 0 atom stereocenters. The first-order valence-corrected chi connectivity index (χ1v) is 6.29. The molecule has 0 heterocycles. The second-order valence-corrected chi connectivity index (χ2v) is 4.79. The number of hydrogen-bond acceptors (Lipinski definition) is 2. The van der Waals surface area contributed by atoms with Crippen molar-refractivity contribution in [2.45, 2.75) is 20.8 Å². The highest BCUT2D eigenvalue weighted by molar-refractivity contribution is 5.94. The minimum Gasteiger partial charge on any atom is -0.496 e. The van der Waals surface area contributed by atoms with Crippen LogP contribution < -0.4 is 4.74 Å². The number of Topliss-reactive ketones (excluding diaryl/α,β-unsaturated/α-hetero) is 1. The predicted octanol–water partition coefficient (Wildman–Crippen LogP) is 4.18. The summed E-state index contributed by atoms with van der Waals surface area (Å²) in [4.78, 5) is 11.3. The molecule has 0 aliphatic carbocycles. The monoisotopic (exact) mass is 254 g/mol. The maximum absolute atomic E-state index is 11.3. The summed E-state index contributed by atoms with van der Waals surface area (Å²) in [5.41, 5.74) is 5.24. The van der Waals surface area contributed by atoms with E-state index in [0.717, 1.165) is 22.4 Å². The van der Waals surface area contributed by atoms with Gasteiger partial charge in [-0.05, 0) is 43.5 Å². The van der Waals surface area contributed by atoms with Crippen molar-refractivity contribution in [1.82, 2.24) is 0 Å². The average Bonchev–Trinajstić information content (AvgIpc) is 2.38. The summed E-state index contributed by atoms with van der Waals surface area (Å²) in [6.07, 6.45) is 0. The van der Waals surface area contributed by atoms with E-state index in [-0.39, 0.29) is 5.78 Å². The molecule has 0 amide bonds. The second-order valence-electron chi connectivity index (χ2n) is 4.79. The summed E-state index contributed by atoms with van der Waals surface area (Å²) in [6, 6.07) is 11.8. The van der Waals surface area contributed by atoms with Gasteiger partial charge >= 0.3 is 0 Å². The highest BCUT2D eigenvalue weighted by atomic mass is 16.5. The van der Waals surface area contributed by atoms with Gasteiger partial charge < -0.3 is 4.74 Å². The number of benzene rings is 2. The van der Waals surface area contributed by atoms with Gasteiger partial charge in [0.15, 0.2) is 5.78 Å². The topological polar surface area (TPSA) is 26.3 Å². The average molecular weight is 254 g/mol. The molecular weight excluding hydrogens is 236 g/mol. The maximum Gasteiger partial charge on any atom is 0.159 e. The van der Waals surface area contributed by atoms with Crippen molar-refractivity contribution in [3.05, 3.63) is 53.1 Å². The highest BCUT2D eigenvalue weighted by Crippen LogP contribution is 2.34. The zero-order chi connectivity index (χ0) is 14.0. The second kappa shape index (κ2) is 5.27. The molecule has 0 spiro atoms. The van der Waals surface area contributed by atoms with Crippen molar-refractivity contribution in [2.24, 2.45) is 0 Å². The lowest BCUT2D eigenvalue weighted by molar-refractivity contribution is 0.101. The van der Waals surface area contributed by atoms with Gasteiger partial charge in [-0.1, -0.05) is 30.3 Å². The number of ether oxygens (including phenoxy) is 1. The first-order valence-electron chi connectivity index (χ1n) is 6.29. The Morgan fingerprint density at radius 2 is 1.68 bits per heavy atom. The predicted molar refractivity (Wildman–Crippen MR) is 77.9 cm³/mol. The molecule has 2 aromatic rings. The minimum absolute atomic E-state index is 0.0825. The van der Waals surface area contributed by atoms with Crippen LogP contribution in [0.15, 0.2) is 36.4 Å². The molecule has 2 aromatic carbocycles. The smallest absolute Gasteiger partial charge is 0.159 e. The van der Waals surface area contributed by atoms with Gasteiger partial charge in [-0.25, -0.2) is 0 Å². The van der Waals surface area contributed by atoms with Gasteiger partial charge in [-0.3, -0.25) is 4.79 Å². The fourth-order valence-electron chi connectivity index (χ4n) is 2.33. The summed E-state index contributed by atoms with van der Waals surface area (Å²) in [7, 11) is 1.68. The van der Waals surface area contributed by atoms with Crippen molar-refractivity contribution >= 4 is 5.78 Å². The Hall–Kier alpha value is -2.09. The third-order valence-corrected chi connectivity index (χ3v) is 3.24. The number of aryl methyl sites for hydroxylation is 2. The lowest BCUT2D eigenvalue weighted by Gasteiger charge is -2.13. The maximum atomic E-state index is 11.3. The number of methoxy groups -OCH3 is 1. The Kier molecular flexibility index (Phi) is 3.70. The molecule has 2 rings (SSSR count). The van der Waals surface area contributed by atoms with Gasteiger partial charge in [0, 0.05) is 11.1 Å². The molecule has 0 aliphatic rings. The van der Waals surface area contributed by atoms with Crippen LogP contribution in [-0.4, -0.2) is 12.9 Å². The quantitative estimate of drug-likeness (QED) is 0.768. The molecule has 0 fully saturated rings. The molecule has 0 radical (unpaired) electrons.